The van der Waals surface area contributed by atoms with Crippen molar-refractivity contribution in [3.63, 3.8) is 0 Å². The van der Waals surface area contributed by atoms with Crippen LogP contribution in [0.3, 0.4) is 0 Å². The van der Waals surface area contributed by atoms with Crippen LogP contribution < -0.4 is 0 Å². The van der Waals surface area contributed by atoms with Crippen LogP contribution in [0, 0.1) is 11.3 Å². The third kappa shape index (κ3) is 12.2. The number of hydrogen-bond donors (Lipinski definition) is 0. The predicted octanol–water partition coefficient (Wildman–Crippen LogP) is 10.4. The summed E-state index contributed by atoms with van der Waals surface area (Å²) < 4.78 is 45.9. The van der Waals surface area contributed by atoms with E-state index < -0.39 is 31.6 Å². The fourth-order valence-corrected chi connectivity index (χ4v) is 8.95. The molecule has 2 rings (SSSR count). The van der Waals surface area contributed by atoms with Gasteiger partial charge in [0.2, 0.25) is 0 Å². The van der Waals surface area contributed by atoms with Crippen molar-refractivity contribution in [2.24, 2.45) is 11.3 Å². The van der Waals surface area contributed by atoms with E-state index in [-0.39, 0.29) is 29.6 Å². The second kappa shape index (κ2) is 16.7. The van der Waals surface area contributed by atoms with Crippen molar-refractivity contribution in [1.82, 2.24) is 0 Å². The van der Waals surface area contributed by atoms with Gasteiger partial charge in [0, 0.05) is 20.1 Å². The Labute approximate surface area is 284 Å². The molecule has 0 spiro atoms. The summed E-state index contributed by atoms with van der Waals surface area (Å²) in [4.78, 5) is 0.352. The van der Waals surface area contributed by atoms with Gasteiger partial charge < -0.3 is 13.9 Å². The molecule has 1 aromatic rings. The molecule has 0 saturated heterocycles. The zero-order valence-electron chi connectivity index (χ0n) is 31.1. The average Bonchev–Trinajstić information content (AvgIpc) is 2.93. The molecule has 3 atom stereocenters. The quantitative estimate of drug-likeness (QED) is 0.0706. The Balaban J connectivity index is 2.24. The minimum atomic E-state index is -3.52. The van der Waals surface area contributed by atoms with Gasteiger partial charge in [-0.15, -0.1) is 0 Å². The van der Waals surface area contributed by atoms with Crippen LogP contribution in [0.2, 0.25) is 43.8 Å². The number of allylic oxidation sites excluding steroid dienone is 3. The molecule has 0 aromatic heterocycles. The minimum absolute atomic E-state index is 0.00446. The highest BCUT2D eigenvalue weighted by Gasteiger charge is 2.43. The van der Waals surface area contributed by atoms with E-state index in [1.165, 1.54) is 11.1 Å². The lowest BCUT2D eigenvalue weighted by Gasteiger charge is -2.42. The summed E-state index contributed by atoms with van der Waals surface area (Å²) in [5, 5.41) is 0.192. The molecule has 5 nitrogen and oxygen atoms in total. The Morgan fingerprint density at radius 1 is 1.09 bits per heavy atom. The molecule has 0 N–H and O–H groups in total. The van der Waals surface area contributed by atoms with E-state index >= 15 is 0 Å². The summed E-state index contributed by atoms with van der Waals surface area (Å²) in [6.45, 7) is 32.9. The fourth-order valence-electron chi connectivity index (χ4n) is 5.18. The van der Waals surface area contributed by atoms with E-state index in [1.807, 2.05) is 13.0 Å². The second-order valence-corrected chi connectivity index (χ2v) is 28.8. The van der Waals surface area contributed by atoms with Gasteiger partial charge in [-0.3, -0.25) is 0 Å². The number of hydrogen-bond acceptors (Lipinski definition) is 5. The second-order valence-electron chi connectivity index (χ2n) is 16.3. The summed E-state index contributed by atoms with van der Waals surface area (Å²) in [5.41, 5.74) is 3.64. The fraction of sp³-hybridized carbons (Fsp3) is 0.632. The normalized spacial score (nSPS) is 21.3. The first-order chi connectivity index (χ1) is 21.1. The number of ether oxygens (including phenoxy) is 2. The van der Waals surface area contributed by atoms with E-state index in [2.05, 4.69) is 99.1 Å². The Morgan fingerprint density at radius 2 is 1.72 bits per heavy atom. The van der Waals surface area contributed by atoms with Gasteiger partial charge in [0.15, 0.2) is 18.2 Å². The van der Waals surface area contributed by atoms with Crippen molar-refractivity contribution in [3.8, 4) is 0 Å². The molecule has 0 fully saturated rings. The van der Waals surface area contributed by atoms with Gasteiger partial charge in [-0.25, -0.2) is 8.42 Å². The van der Waals surface area contributed by atoms with Gasteiger partial charge in [-0.1, -0.05) is 108 Å². The Hall–Kier alpha value is -1.56. The molecule has 0 heterocycles. The van der Waals surface area contributed by atoms with Crippen LogP contribution in [-0.2, 0) is 23.7 Å². The molecule has 46 heavy (non-hydrogen) atoms. The first-order valence-electron chi connectivity index (χ1n) is 16.9. The number of sulfone groups is 1. The van der Waals surface area contributed by atoms with E-state index in [4.69, 9.17) is 13.9 Å². The van der Waals surface area contributed by atoms with E-state index in [0.29, 0.717) is 18.1 Å². The van der Waals surface area contributed by atoms with Crippen LogP contribution in [-0.4, -0.2) is 56.7 Å². The van der Waals surface area contributed by atoms with Crippen LogP contribution in [0.1, 0.15) is 67.7 Å². The number of rotatable bonds is 17. The zero-order valence-corrected chi connectivity index (χ0v) is 33.9. The van der Waals surface area contributed by atoms with Crippen LogP contribution >= 0.6 is 0 Å². The molecule has 1 aliphatic rings. The van der Waals surface area contributed by atoms with Gasteiger partial charge in [-0.2, -0.15) is 0 Å². The molecule has 1 aliphatic carbocycles. The van der Waals surface area contributed by atoms with Crippen molar-refractivity contribution >= 4 is 26.2 Å². The highest BCUT2D eigenvalue weighted by Crippen LogP contribution is 2.47. The molecule has 0 bridgehead atoms. The van der Waals surface area contributed by atoms with E-state index in [9.17, 15) is 8.42 Å². The third-order valence-corrected chi connectivity index (χ3v) is 18.1. The summed E-state index contributed by atoms with van der Waals surface area (Å²) in [5.74, 6) is 0.118. The van der Waals surface area contributed by atoms with E-state index in [1.54, 1.807) is 24.3 Å². The van der Waals surface area contributed by atoms with Crippen molar-refractivity contribution in [1.29, 1.82) is 0 Å². The largest absolute Gasteiger partial charge is 0.413 e. The summed E-state index contributed by atoms with van der Waals surface area (Å²) in [7, 11) is -6.52. The molecular weight excluding hydrogens is 625 g/mol. The van der Waals surface area contributed by atoms with Crippen molar-refractivity contribution in [3.05, 3.63) is 77.4 Å². The molecule has 260 valence electrons. The molecule has 0 amide bonds. The van der Waals surface area contributed by atoms with Gasteiger partial charge in [0.1, 0.15) is 12.9 Å². The first kappa shape index (κ1) is 40.6. The Kier molecular flexibility index (Phi) is 14.8. The smallest absolute Gasteiger partial charge is 0.192 e. The standard InChI is InChI=1S/C38H64O5SSi2/c1-30(18-17-19-31(2)27-43-46(12,13)37(5,6)7)26-36(42-29-41-24-25-45(9,10)11)35-23-22-32(3)38(8,33(35)4)28-44(39,40)34-20-15-14-16-21-34/h14-16,19-21,23,26,32,36H,4,17-18,22,24-25,27-29H2,1-3,5-13H3/b30-26?,31-19+/t32-,36?,38+/m1/s1. The van der Waals surface area contributed by atoms with Crippen LogP contribution in [0.5, 0.6) is 0 Å². The van der Waals surface area contributed by atoms with Crippen molar-refractivity contribution in [2.75, 3.05) is 25.8 Å². The molecule has 0 radical (unpaired) electrons. The maximum atomic E-state index is 13.6. The zero-order chi connectivity index (χ0) is 35.0. The first-order valence-corrected chi connectivity index (χ1v) is 25.2. The average molecular weight is 689 g/mol. The van der Waals surface area contributed by atoms with Gasteiger partial charge in [0.25, 0.3) is 0 Å². The summed E-state index contributed by atoms with van der Waals surface area (Å²) in [6.07, 6.45) is 8.86. The maximum absolute atomic E-state index is 13.6. The third-order valence-electron chi connectivity index (χ3n) is 9.98. The summed E-state index contributed by atoms with van der Waals surface area (Å²) in [6, 6.07) is 9.82. The molecule has 1 unspecified atom stereocenters. The predicted molar refractivity (Wildman–Crippen MR) is 201 cm³/mol. The van der Waals surface area contributed by atoms with Crippen molar-refractivity contribution in [2.45, 2.75) is 123 Å². The minimum Gasteiger partial charge on any atom is -0.413 e. The Bertz CT molecular complexity index is 1350. The Morgan fingerprint density at radius 3 is 2.30 bits per heavy atom. The van der Waals surface area contributed by atoms with Crippen molar-refractivity contribution < 1.29 is 22.3 Å². The lowest BCUT2D eigenvalue weighted by atomic mass is 9.66. The summed E-state index contributed by atoms with van der Waals surface area (Å²) >= 11 is 0. The maximum Gasteiger partial charge on any atom is 0.192 e. The lowest BCUT2D eigenvalue weighted by Crippen LogP contribution is -2.41. The highest BCUT2D eigenvalue weighted by molar-refractivity contribution is 7.91. The molecule has 1 aromatic carbocycles. The molecule has 8 heteroatoms. The lowest BCUT2D eigenvalue weighted by molar-refractivity contribution is -0.0624. The van der Waals surface area contributed by atoms with E-state index in [0.717, 1.165) is 36.5 Å². The topological polar surface area (TPSA) is 61.8 Å². The van der Waals surface area contributed by atoms with Crippen LogP contribution in [0.25, 0.3) is 0 Å². The molecule has 0 aliphatic heterocycles. The monoisotopic (exact) mass is 688 g/mol. The SMILES string of the molecule is C=C1C(C(C=C(C)CC/C=C(\C)CO[Si](C)(C)C(C)(C)C)OCOCC[Si](C)(C)C)=CC[C@@H](C)[C@]1(C)CS(=O)(=O)c1ccccc1. The van der Waals surface area contributed by atoms with Gasteiger partial charge >= 0.3 is 0 Å². The molecular formula is C38H64O5SSi2. The molecule has 0 saturated carbocycles. The van der Waals surface area contributed by atoms with Gasteiger partial charge in [-0.05, 0) is 86.5 Å². The highest BCUT2D eigenvalue weighted by atomic mass is 32.2. The van der Waals surface area contributed by atoms with Crippen LogP contribution in [0.15, 0.2) is 82.3 Å². The number of benzene rings is 1. The van der Waals surface area contributed by atoms with Crippen LogP contribution in [0.4, 0.5) is 0 Å². The van der Waals surface area contributed by atoms with Gasteiger partial charge in [0.05, 0.1) is 17.3 Å².